The van der Waals surface area contributed by atoms with Crippen LogP contribution in [-0.4, -0.2) is 37.9 Å². The standard InChI is InChI=1S/C22H42O5S/c1-2-3-4-5-6-7-8-9-10-11-12-13-14-15-16-17-18-28-22(27,21(25)26)19-20(23)24/h27H,2-19H2,1H3,(H,23,24)(H,25,26). The topological polar surface area (TPSA) is 94.8 Å². The van der Waals surface area contributed by atoms with E-state index < -0.39 is 23.3 Å². The van der Waals surface area contributed by atoms with E-state index in [1.54, 1.807) is 0 Å². The van der Waals surface area contributed by atoms with E-state index >= 15 is 0 Å². The highest BCUT2D eigenvalue weighted by molar-refractivity contribution is 8.01. The molecule has 0 aliphatic rings. The summed E-state index contributed by atoms with van der Waals surface area (Å²) >= 11 is 0.822. The predicted octanol–water partition coefficient (Wildman–Crippen LogP) is 6.23. The van der Waals surface area contributed by atoms with Crippen LogP contribution in [0.3, 0.4) is 0 Å². The summed E-state index contributed by atoms with van der Waals surface area (Å²) in [5, 5.41) is 27.6. The molecule has 1 atom stereocenters. The molecule has 0 spiro atoms. The number of unbranched alkanes of at least 4 members (excludes halogenated alkanes) is 15. The molecule has 0 saturated carbocycles. The van der Waals surface area contributed by atoms with Crippen LogP contribution in [-0.2, 0) is 9.59 Å². The smallest absolute Gasteiger partial charge is 0.347 e. The second-order valence-corrected chi connectivity index (χ2v) is 9.18. The molecule has 0 aliphatic heterocycles. The molecule has 0 rings (SSSR count). The number of aliphatic carboxylic acids is 2. The summed E-state index contributed by atoms with van der Waals surface area (Å²) in [5.41, 5.74) is 0. The van der Waals surface area contributed by atoms with Gasteiger partial charge in [0.25, 0.3) is 0 Å². The first-order valence-corrected chi connectivity index (χ1v) is 12.2. The molecule has 6 heteroatoms. The lowest BCUT2D eigenvalue weighted by Gasteiger charge is -2.20. The number of hydrogen-bond acceptors (Lipinski definition) is 4. The number of carboxylic acids is 2. The molecule has 0 heterocycles. The summed E-state index contributed by atoms with van der Waals surface area (Å²) in [6.07, 6.45) is 19.6. The lowest BCUT2D eigenvalue weighted by molar-refractivity contribution is -0.155. The fraction of sp³-hybridized carbons (Fsp3) is 0.909. The van der Waals surface area contributed by atoms with Gasteiger partial charge in [0.1, 0.15) is 0 Å². The third-order valence-corrected chi connectivity index (χ3v) is 6.35. The predicted molar refractivity (Wildman–Crippen MR) is 117 cm³/mol. The summed E-state index contributed by atoms with van der Waals surface area (Å²) in [5.74, 6) is -2.31. The van der Waals surface area contributed by atoms with Crippen molar-refractivity contribution in [1.29, 1.82) is 0 Å². The number of aliphatic hydroxyl groups is 1. The maximum absolute atomic E-state index is 11.0. The number of hydrogen-bond donors (Lipinski definition) is 3. The number of rotatable bonds is 21. The summed E-state index contributed by atoms with van der Waals surface area (Å²) in [7, 11) is 0. The van der Waals surface area contributed by atoms with E-state index in [0.29, 0.717) is 5.75 Å². The average molecular weight is 419 g/mol. The molecule has 0 fully saturated rings. The van der Waals surface area contributed by atoms with E-state index in [1.807, 2.05) is 0 Å². The van der Waals surface area contributed by atoms with Gasteiger partial charge in [-0.15, -0.1) is 11.8 Å². The fourth-order valence-corrected chi connectivity index (χ4v) is 4.32. The molecule has 0 saturated heterocycles. The largest absolute Gasteiger partial charge is 0.481 e. The minimum Gasteiger partial charge on any atom is -0.481 e. The monoisotopic (exact) mass is 418 g/mol. The highest BCUT2D eigenvalue weighted by Crippen LogP contribution is 2.28. The van der Waals surface area contributed by atoms with Gasteiger partial charge >= 0.3 is 11.9 Å². The van der Waals surface area contributed by atoms with E-state index in [1.165, 1.54) is 83.5 Å². The Kier molecular flexibility index (Phi) is 17.8. The van der Waals surface area contributed by atoms with E-state index in [9.17, 15) is 14.7 Å². The van der Waals surface area contributed by atoms with Gasteiger partial charge in [-0.3, -0.25) is 4.79 Å². The highest BCUT2D eigenvalue weighted by atomic mass is 32.2. The van der Waals surface area contributed by atoms with Crippen molar-refractivity contribution < 1.29 is 24.9 Å². The summed E-state index contributed by atoms with van der Waals surface area (Å²) in [6, 6.07) is 0. The van der Waals surface area contributed by atoms with E-state index in [2.05, 4.69) is 6.92 Å². The number of carbonyl (C=O) groups is 2. The minimum absolute atomic E-state index is 0.467. The van der Waals surface area contributed by atoms with Gasteiger partial charge < -0.3 is 15.3 Å². The maximum atomic E-state index is 11.0. The number of carboxylic acid groups (broad SMARTS) is 2. The van der Waals surface area contributed by atoms with E-state index in [-0.39, 0.29) is 0 Å². The Morgan fingerprint density at radius 1 is 0.679 bits per heavy atom. The SMILES string of the molecule is CCCCCCCCCCCCCCCCCCSC(O)(CC(=O)O)C(=O)O. The first-order chi connectivity index (χ1) is 13.4. The van der Waals surface area contributed by atoms with Crippen molar-refractivity contribution in [1.82, 2.24) is 0 Å². The van der Waals surface area contributed by atoms with Gasteiger partial charge in [-0.25, -0.2) is 4.79 Å². The van der Waals surface area contributed by atoms with Crippen molar-refractivity contribution in [2.24, 2.45) is 0 Å². The van der Waals surface area contributed by atoms with Gasteiger partial charge in [-0.1, -0.05) is 103 Å². The zero-order chi connectivity index (χ0) is 21.1. The third kappa shape index (κ3) is 16.2. The molecular weight excluding hydrogens is 376 g/mol. The van der Waals surface area contributed by atoms with E-state index in [0.717, 1.165) is 31.0 Å². The molecule has 1 unspecified atom stereocenters. The lowest BCUT2D eigenvalue weighted by atomic mass is 10.0. The van der Waals surface area contributed by atoms with Gasteiger partial charge in [-0.05, 0) is 12.2 Å². The van der Waals surface area contributed by atoms with Crippen LogP contribution >= 0.6 is 11.8 Å². The van der Waals surface area contributed by atoms with Crippen LogP contribution in [0, 0.1) is 0 Å². The molecule has 0 aliphatic carbocycles. The summed E-state index contributed by atoms with van der Waals surface area (Å²) in [6.45, 7) is 2.26. The normalized spacial score (nSPS) is 13.4. The Morgan fingerprint density at radius 3 is 1.36 bits per heavy atom. The van der Waals surface area contributed by atoms with Gasteiger partial charge in [-0.2, -0.15) is 0 Å². The number of thioether (sulfide) groups is 1. The molecule has 0 bridgehead atoms. The third-order valence-electron chi connectivity index (χ3n) is 5.06. The fourth-order valence-electron chi connectivity index (χ4n) is 3.28. The van der Waals surface area contributed by atoms with Crippen molar-refractivity contribution >= 4 is 23.7 Å². The molecule has 0 aromatic carbocycles. The first kappa shape index (κ1) is 27.2. The van der Waals surface area contributed by atoms with Crippen LogP contribution in [0.4, 0.5) is 0 Å². The quantitative estimate of drug-likeness (QED) is 0.151. The zero-order valence-corrected chi connectivity index (χ0v) is 18.6. The lowest BCUT2D eigenvalue weighted by Crippen LogP contribution is -2.37. The molecular formula is C22H42O5S. The second-order valence-electron chi connectivity index (χ2n) is 7.81. The molecule has 0 radical (unpaired) electrons. The Labute approximate surface area is 175 Å². The Balaban J connectivity index is 3.37. The van der Waals surface area contributed by atoms with Crippen molar-refractivity contribution in [3.8, 4) is 0 Å². The van der Waals surface area contributed by atoms with Crippen LogP contribution in [0.5, 0.6) is 0 Å². The summed E-state index contributed by atoms with van der Waals surface area (Å²) < 4.78 is 0. The molecule has 28 heavy (non-hydrogen) atoms. The molecule has 5 nitrogen and oxygen atoms in total. The van der Waals surface area contributed by atoms with Gasteiger partial charge in [0.2, 0.25) is 4.93 Å². The van der Waals surface area contributed by atoms with Crippen LogP contribution in [0.25, 0.3) is 0 Å². The maximum Gasteiger partial charge on any atom is 0.347 e. The highest BCUT2D eigenvalue weighted by Gasteiger charge is 2.38. The van der Waals surface area contributed by atoms with Gasteiger partial charge in [0, 0.05) is 0 Å². The van der Waals surface area contributed by atoms with Gasteiger partial charge in [0.15, 0.2) is 0 Å². The van der Waals surface area contributed by atoms with Crippen molar-refractivity contribution in [2.75, 3.05) is 5.75 Å². The molecule has 0 amide bonds. The van der Waals surface area contributed by atoms with Crippen molar-refractivity contribution in [2.45, 2.75) is 121 Å². The second kappa shape index (κ2) is 18.3. The van der Waals surface area contributed by atoms with Crippen LogP contribution < -0.4 is 0 Å². The van der Waals surface area contributed by atoms with Crippen LogP contribution in [0.2, 0.25) is 0 Å². The van der Waals surface area contributed by atoms with Crippen molar-refractivity contribution in [3.63, 3.8) is 0 Å². The molecule has 0 aromatic heterocycles. The van der Waals surface area contributed by atoms with Crippen LogP contribution in [0.1, 0.15) is 116 Å². The zero-order valence-electron chi connectivity index (χ0n) is 17.8. The minimum atomic E-state index is -2.21. The van der Waals surface area contributed by atoms with E-state index in [4.69, 9.17) is 10.2 Å². The molecule has 3 N–H and O–H groups in total. The Bertz CT molecular complexity index is 402. The molecule has 0 aromatic rings. The van der Waals surface area contributed by atoms with Gasteiger partial charge in [0.05, 0.1) is 6.42 Å². The summed E-state index contributed by atoms with van der Waals surface area (Å²) in [4.78, 5) is 19.5. The first-order valence-electron chi connectivity index (χ1n) is 11.2. The Morgan fingerprint density at radius 2 is 1.04 bits per heavy atom. The van der Waals surface area contributed by atoms with Crippen LogP contribution in [0.15, 0.2) is 0 Å². The molecule has 166 valence electrons. The average Bonchev–Trinajstić information content (AvgIpc) is 2.63. The Hall–Kier alpha value is -0.750. The van der Waals surface area contributed by atoms with Crippen molar-refractivity contribution in [3.05, 3.63) is 0 Å².